The molecule has 2 amide bonds. The van der Waals surface area contributed by atoms with Gasteiger partial charge < -0.3 is 15.0 Å². The van der Waals surface area contributed by atoms with E-state index in [0.717, 1.165) is 23.1 Å². The number of carbonyl (C=O) groups is 2. The summed E-state index contributed by atoms with van der Waals surface area (Å²) in [4.78, 5) is 28.6. The van der Waals surface area contributed by atoms with E-state index in [4.69, 9.17) is 27.9 Å². The molecule has 3 aromatic rings. The summed E-state index contributed by atoms with van der Waals surface area (Å²) in [6, 6.07) is 19.8. The molecule has 0 heterocycles. The Kier molecular flexibility index (Phi) is 10.2. The summed E-state index contributed by atoms with van der Waals surface area (Å²) >= 11 is 12.6. The van der Waals surface area contributed by atoms with E-state index >= 15 is 0 Å². The molecule has 0 aliphatic heterocycles. The summed E-state index contributed by atoms with van der Waals surface area (Å²) in [6.07, 6.45) is 1.15. The van der Waals surface area contributed by atoms with Crippen LogP contribution in [0.4, 0.5) is 0 Å². The number of benzene rings is 3. The van der Waals surface area contributed by atoms with E-state index in [9.17, 15) is 9.59 Å². The Balaban J connectivity index is 1.94. The van der Waals surface area contributed by atoms with E-state index in [1.807, 2.05) is 69.3 Å². The lowest BCUT2D eigenvalue weighted by atomic mass is 10.0. The Bertz CT molecular complexity index is 1180. The first kappa shape index (κ1) is 27.6. The number of nitrogens with zero attached hydrogens (tertiary/aromatic N) is 1. The average Bonchev–Trinajstić information content (AvgIpc) is 2.87. The summed E-state index contributed by atoms with van der Waals surface area (Å²) in [6.45, 7) is 6.39. The van der Waals surface area contributed by atoms with E-state index in [1.54, 1.807) is 23.1 Å². The molecule has 1 atom stereocenters. The van der Waals surface area contributed by atoms with Crippen LogP contribution in [0, 0.1) is 13.8 Å². The van der Waals surface area contributed by atoms with Crippen LogP contribution in [-0.2, 0) is 22.6 Å². The van der Waals surface area contributed by atoms with Crippen molar-refractivity contribution in [2.24, 2.45) is 0 Å². The van der Waals surface area contributed by atoms with Crippen molar-refractivity contribution in [3.05, 3.63) is 99.0 Å². The molecule has 0 aromatic heterocycles. The molecular weight excluding hydrogens is 495 g/mol. The summed E-state index contributed by atoms with van der Waals surface area (Å²) in [5.41, 5.74) is 3.69. The molecular formula is C29H32Cl2N2O3. The first-order valence-electron chi connectivity index (χ1n) is 12.0. The first-order chi connectivity index (χ1) is 17.3. The number of halogens is 2. The lowest BCUT2D eigenvalue weighted by Gasteiger charge is -2.32. The highest BCUT2D eigenvalue weighted by Crippen LogP contribution is 2.25. The fourth-order valence-corrected chi connectivity index (χ4v) is 4.32. The number of ether oxygens (including phenoxy) is 1. The van der Waals surface area contributed by atoms with Crippen LogP contribution in [0.25, 0.3) is 0 Å². The molecule has 1 N–H and O–H groups in total. The Labute approximate surface area is 223 Å². The Morgan fingerprint density at radius 3 is 2.44 bits per heavy atom. The van der Waals surface area contributed by atoms with Gasteiger partial charge in [-0.1, -0.05) is 78.7 Å². The normalized spacial score (nSPS) is 11.6. The molecule has 36 heavy (non-hydrogen) atoms. The monoisotopic (exact) mass is 526 g/mol. The minimum Gasteiger partial charge on any atom is -0.483 e. The second kappa shape index (κ2) is 13.3. The molecule has 0 unspecified atom stereocenters. The van der Waals surface area contributed by atoms with Gasteiger partial charge in [0.2, 0.25) is 5.91 Å². The van der Waals surface area contributed by atoms with Crippen molar-refractivity contribution < 1.29 is 14.3 Å². The lowest BCUT2D eigenvalue weighted by molar-refractivity contribution is -0.142. The lowest BCUT2D eigenvalue weighted by Crippen LogP contribution is -2.51. The number of amides is 2. The fraction of sp³-hybridized carbons (Fsp3) is 0.310. The maximum absolute atomic E-state index is 13.7. The van der Waals surface area contributed by atoms with Crippen molar-refractivity contribution >= 4 is 35.0 Å². The van der Waals surface area contributed by atoms with Crippen molar-refractivity contribution in [3.8, 4) is 5.75 Å². The largest absolute Gasteiger partial charge is 0.483 e. The summed E-state index contributed by atoms with van der Waals surface area (Å²) < 4.78 is 5.93. The number of nitrogens with one attached hydrogen (secondary N) is 1. The highest BCUT2D eigenvalue weighted by Gasteiger charge is 2.31. The van der Waals surface area contributed by atoms with Gasteiger partial charge in [0.15, 0.2) is 6.61 Å². The zero-order chi connectivity index (χ0) is 26.1. The van der Waals surface area contributed by atoms with Crippen LogP contribution in [-0.4, -0.2) is 35.9 Å². The van der Waals surface area contributed by atoms with Gasteiger partial charge in [0.1, 0.15) is 11.8 Å². The summed E-state index contributed by atoms with van der Waals surface area (Å²) in [7, 11) is 0. The number of rotatable bonds is 11. The molecule has 0 bridgehead atoms. The number of aryl methyl sites for hydroxylation is 1. The third-order valence-electron chi connectivity index (χ3n) is 6.08. The maximum atomic E-state index is 13.7. The first-order valence-corrected chi connectivity index (χ1v) is 12.8. The molecule has 190 valence electrons. The van der Waals surface area contributed by atoms with Crippen molar-refractivity contribution in [2.45, 2.75) is 46.2 Å². The number of hydrogen-bond acceptors (Lipinski definition) is 3. The van der Waals surface area contributed by atoms with Crippen LogP contribution >= 0.6 is 23.2 Å². The molecule has 7 heteroatoms. The molecule has 0 fully saturated rings. The van der Waals surface area contributed by atoms with Gasteiger partial charge in [-0.15, -0.1) is 0 Å². The molecule has 0 radical (unpaired) electrons. The summed E-state index contributed by atoms with van der Waals surface area (Å²) in [5, 5.41) is 3.89. The minimum absolute atomic E-state index is 0.141. The van der Waals surface area contributed by atoms with Gasteiger partial charge in [0.25, 0.3) is 5.91 Å². The van der Waals surface area contributed by atoms with Crippen molar-refractivity contribution in [2.75, 3.05) is 13.2 Å². The van der Waals surface area contributed by atoms with E-state index in [-0.39, 0.29) is 25.0 Å². The number of hydrogen-bond donors (Lipinski definition) is 1. The highest BCUT2D eigenvalue weighted by atomic mass is 35.5. The smallest absolute Gasteiger partial charge is 0.261 e. The molecule has 3 aromatic carbocycles. The number of carbonyl (C=O) groups excluding carboxylic acids is 2. The predicted octanol–water partition coefficient (Wildman–Crippen LogP) is 6.16. The van der Waals surface area contributed by atoms with Crippen LogP contribution in [0.2, 0.25) is 10.0 Å². The summed E-state index contributed by atoms with van der Waals surface area (Å²) in [5.74, 6) is 0.114. The van der Waals surface area contributed by atoms with E-state index < -0.39 is 6.04 Å². The van der Waals surface area contributed by atoms with Crippen molar-refractivity contribution in [3.63, 3.8) is 0 Å². The molecule has 0 aliphatic rings. The van der Waals surface area contributed by atoms with Crippen LogP contribution < -0.4 is 10.1 Å². The van der Waals surface area contributed by atoms with E-state index in [0.29, 0.717) is 34.3 Å². The highest BCUT2D eigenvalue weighted by molar-refractivity contribution is 6.35. The minimum atomic E-state index is -0.750. The molecule has 0 saturated heterocycles. The second-order valence-electron chi connectivity index (χ2n) is 8.74. The van der Waals surface area contributed by atoms with Gasteiger partial charge in [-0.3, -0.25) is 9.59 Å². The van der Waals surface area contributed by atoms with Gasteiger partial charge in [-0.05, 0) is 60.7 Å². The maximum Gasteiger partial charge on any atom is 0.261 e. The standard InChI is InChI=1S/C29H32Cl2N2O3/c1-4-15-32-29(35)26(16-22-10-6-5-7-11-22)33(18-23-13-14-24(30)17-25(23)31)28(34)19-36-27-12-8-9-20(2)21(27)3/h5-14,17,26H,4,15-16,18-19H2,1-3H3,(H,32,35)/t26-/m0/s1. The molecule has 0 aliphatic carbocycles. The second-order valence-corrected chi connectivity index (χ2v) is 9.58. The van der Waals surface area contributed by atoms with Crippen LogP contribution in [0.3, 0.4) is 0 Å². The van der Waals surface area contributed by atoms with Crippen molar-refractivity contribution in [1.82, 2.24) is 10.2 Å². The molecule has 3 rings (SSSR count). The van der Waals surface area contributed by atoms with Gasteiger partial charge in [0, 0.05) is 29.6 Å². The fourth-order valence-electron chi connectivity index (χ4n) is 3.86. The molecule has 5 nitrogen and oxygen atoms in total. The van der Waals surface area contributed by atoms with Gasteiger partial charge >= 0.3 is 0 Å². The van der Waals surface area contributed by atoms with E-state index in [2.05, 4.69) is 5.32 Å². The zero-order valence-corrected chi connectivity index (χ0v) is 22.4. The van der Waals surface area contributed by atoms with Crippen LogP contribution in [0.1, 0.15) is 35.6 Å². The SMILES string of the molecule is CCCNC(=O)[C@H](Cc1ccccc1)N(Cc1ccc(Cl)cc1Cl)C(=O)COc1cccc(C)c1C. The average molecular weight is 527 g/mol. The topological polar surface area (TPSA) is 58.6 Å². The predicted molar refractivity (Wildman–Crippen MR) is 146 cm³/mol. The molecule has 0 saturated carbocycles. The Morgan fingerprint density at radius 2 is 1.75 bits per heavy atom. The Morgan fingerprint density at radius 1 is 1.00 bits per heavy atom. The third kappa shape index (κ3) is 7.49. The van der Waals surface area contributed by atoms with Gasteiger partial charge in [-0.2, -0.15) is 0 Å². The van der Waals surface area contributed by atoms with Crippen molar-refractivity contribution in [1.29, 1.82) is 0 Å². The van der Waals surface area contributed by atoms with Gasteiger partial charge in [-0.25, -0.2) is 0 Å². The quantitative estimate of drug-likeness (QED) is 0.325. The third-order valence-corrected chi connectivity index (χ3v) is 6.67. The Hall–Kier alpha value is -3.02. The van der Waals surface area contributed by atoms with Gasteiger partial charge in [0.05, 0.1) is 0 Å². The van der Waals surface area contributed by atoms with Crippen LogP contribution in [0.5, 0.6) is 5.75 Å². The zero-order valence-electron chi connectivity index (χ0n) is 20.9. The van der Waals surface area contributed by atoms with E-state index in [1.165, 1.54) is 0 Å². The molecule has 0 spiro atoms. The van der Waals surface area contributed by atoms with Crippen LogP contribution in [0.15, 0.2) is 66.7 Å².